The monoisotopic (exact) mass is 278 g/mol. The van der Waals surface area contributed by atoms with Crippen LogP contribution in [0.4, 0.5) is 0 Å². The summed E-state index contributed by atoms with van der Waals surface area (Å²) in [4.78, 5) is 11.5. The van der Waals surface area contributed by atoms with Gasteiger partial charge in [0.05, 0.1) is 0 Å². The fraction of sp³-hybridized carbons (Fsp3) is 0.533. The van der Waals surface area contributed by atoms with Crippen LogP contribution >= 0.6 is 0 Å². The van der Waals surface area contributed by atoms with Gasteiger partial charge in [0.2, 0.25) is 5.91 Å². The van der Waals surface area contributed by atoms with Gasteiger partial charge in [-0.25, -0.2) is 0 Å². The number of hydrogen-bond donors (Lipinski definition) is 2. The van der Waals surface area contributed by atoms with Gasteiger partial charge in [0, 0.05) is 31.6 Å². The number of rotatable bonds is 7. The maximum atomic E-state index is 11.5. The molecule has 0 fully saturated rings. The molecule has 0 saturated heterocycles. The molecule has 0 bridgehead atoms. The number of ether oxygens (including phenoxy) is 2. The normalized spacial score (nSPS) is 13.1. The molecular formula is C15H22N2O3. The number of fused-ring (bicyclic) bond motifs is 1. The first-order valence-corrected chi connectivity index (χ1v) is 7.16. The van der Waals surface area contributed by atoms with Crippen molar-refractivity contribution in [1.29, 1.82) is 0 Å². The molecule has 5 heteroatoms. The Balaban J connectivity index is 1.76. The van der Waals surface area contributed by atoms with E-state index in [0.717, 1.165) is 30.0 Å². The summed E-state index contributed by atoms with van der Waals surface area (Å²) in [5.74, 6) is 1.71. The predicted molar refractivity (Wildman–Crippen MR) is 77.1 cm³/mol. The summed E-state index contributed by atoms with van der Waals surface area (Å²) in [6.45, 7) is 5.30. The lowest BCUT2D eigenvalue weighted by molar-refractivity contribution is -0.120. The van der Waals surface area contributed by atoms with Crippen LogP contribution in [-0.4, -0.2) is 32.2 Å². The molecule has 2 rings (SSSR count). The number of para-hydroxylation sites is 1. The highest BCUT2D eigenvalue weighted by atomic mass is 16.6. The third kappa shape index (κ3) is 4.13. The van der Waals surface area contributed by atoms with E-state index < -0.39 is 0 Å². The Kier molecular flexibility index (Phi) is 5.68. The van der Waals surface area contributed by atoms with Gasteiger partial charge in [-0.05, 0) is 12.5 Å². The van der Waals surface area contributed by atoms with Crippen molar-refractivity contribution in [3.8, 4) is 11.5 Å². The van der Waals surface area contributed by atoms with Crippen LogP contribution in [0.2, 0.25) is 0 Å². The highest BCUT2D eigenvalue weighted by molar-refractivity contribution is 5.75. The summed E-state index contributed by atoms with van der Waals surface area (Å²) in [6, 6.07) is 5.88. The molecule has 5 nitrogen and oxygen atoms in total. The van der Waals surface area contributed by atoms with Crippen molar-refractivity contribution in [2.45, 2.75) is 26.3 Å². The molecule has 20 heavy (non-hydrogen) atoms. The molecule has 1 aliphatic rings. The Morgan fingerprint density at radius 3 is 2.95 bits per heavy atom. The van der Waals surface area contributed by atoms with E-state index in [9.17, 15) is 4.79 Å². The summed E-state index contributed by atoms with van der Waals surface area (Å²) in [5.41, 5.74) is 1.07. The molecular weight excluding hydrogens is 256 g/mol. The van der Waals surface area contributed by atoms with E-state index in [0.29, 0.717) is 32.7 Å². The number of hydrogen-bond acceptors (Lipinski definition) is 4. The number of amides is 1. The van der Waals surface area contributed by atoms with E-state index in [4.69, 9.17) is 9.47 Å². The van der Waals surface area contributed by atoms with Crippen LogP contribution in [0.25, 0.3) is 0 Å². The highest BCUT2D eigenvalue weighted by Gasteiger charge is 2.14. The molecule has 0 radical (unpaired) electrons. The van der Waals surface area contributed by atoms with Crippen molar-refractivity contribution >= 4 is 5.91 Å². The fourth-order valence-electron chi connectivity index (χ4n) is 2.05. The minimum Gasteiger partial charge on any atom is -0.486 e. The third-order valence-electron chi connectivity index (χ3n) is 3.06. The first-order valence-electron chi connectivity index (χ1n) is 7.16. The van der Waals surface area contributed by atoms with E-state index in [2.05, 4.69) is 10.6 Å². The molecule has 0 atom stereocenters. The van der Waals surface area contributed by atoms with Gasteiger partial charge < -0.3 is 20.1 Å². The molecule has 1 aromatic rings. The Hall–Kier alpha value is -1.75. The molecule has 0 spiro atoms. The van der Waals surface area contributed by atoms with Crippen molar-refractivity contribution in [3.05, 3.63) is 23.8 Å². The van der Waals surface area contributed by atoms with Gasteiger partial charge in [-0.3, -0.25) is 4.79 Å². The number of carbonyl (C=O) groups excluding carboxylic acids is 1. The van der Waals surface area contributed by atoms with E-state index in [1.165, 1.54) is 0 Å². The molecule has 0 aromatic heterocycles. The summed E-state index contributed by atoms with van der Waals surface area (Å²) < 4.78 is 11.2. The average Bonchev–Trinajstić information content (AvgIpc) is 2.49. The molecule has 0 saturated carbocycles. The van der Waals surface area contributed by atoms with Crippen LogP contribution in [-0.2, 0) is 11.3 Å². The Labute approximate surface area is 119 Å². The van der Waals surface area contributed by atoms with Gasteiger partial charge >= 0.3 is 0 Å². The van der Waals surface area contributed by atoms with Crippen LogP contribution < -0.4 is 20.1 Å². The van der Waals surface area contributed by atoms with Gasteiger partial charge in [0.25, 0.3) is 0 Å². The number of carbonyl (C=O) groups is 1. The van der Waals surface area contributed by atoms with Crippen molar-refractivity contribution in [2.75, 3.05) is 26.3 Å². The standard InChI is InChI=1S/C15H22N2O3/c1-2-7-17-14(18)6-8-16-11-12-4-3-5-13-15(12)20-10-9-19-13/h3-5,16H,2,6-11H2,1H3,(H,17,18). The topological polar surface area (TPSA) is 59.6 Å². The maximum Gasteiger partial charge on any atom is 0.221 e. The van der Waals surface area contributed by atoms with Gasteiger partial charge in [0.15, 0.2) is 11.5 Å². The molecule has 0 aliphatic carbocycles. The van der Waals surface area contributed by atoms with Crippen LogP contribution in [0.5, 0.6) is 11.5 Å². The minimum absolute atomic E-state index is 0.0917. The largest absolute Gasteiger partial charge is 0.486 e. The lowest BCUT2D eigenvalue weighted by Gasteiger charge is -2.21. The first kappa shape index (κ1) is 14.7. The second-order valence-electron chi connectivity index (χ2n) is 4.72. The smallest absolute Gasteiger partial charge is 0.221 e. The van der Waals surface area contributed by atoms with Crippen LogP contribution in [0, 0.1) is 0 Å². The van der Waals surface area contributed by atoms with Crippen LogP contribution in [0.1, 0.15) is 25.3 Å². The molecule has 110 valence electrons. The maximum absolute atomic E-state index is 11.5. The molecule has 1 aliphatic heterocycles. The molecule has 2 N–H and O–H groups in total. The summed E-state index contributed by atoms with van der Waals surface area (Å²) in [7, 11) is 0. The fourth-order valence-corrected chi connectivity index (χ4v) is 2.05. The summed E-state index contributed by atoms with van der Waals surface area (Å²) >= 11 is 0. The Bertz CT molecular complexity index is 449. The van der Waals surface area contributed by atoms with Gasteiger partial charge in [-0.15, -0.1) is 0 Å². The molecule has 1 heterocycles. The molecule has 0 unspecified atom stereocenters. The van der Waals surface area contributed by atoms with Crippen molar-refractivity contribution in [3.63, 3.8) is 0 Å². The van der Waals surface area contributed by atoms with E-state index in [1.54, 1.807) is 0 Å². The zero-order valence-corrected chi connectivity index (χ0v) is 11.9. The first-order chi connectivity index (χ1) is 9.81. The average molecular weight is 278 g/mol. The second kappa shape index (κ2) is 7.75. The lowest BCUT2D eigenvalue weighted by Crippen LogP contribution is -2.28. The Morgan fingerprint density at radius 2 is 2.10 bits per heavy atom. The third-order valence-corrected chi connectivity index (χ3v) is 3.06. The van der Waals surface area contributed by atoms with E-state index >= 15 is 0 Å². The Morgan fingerprint density at radius 1 is 1.25 bits per heavy atom. The van der Waals surface area contributed by atoms with Crippen molar-refractivity contribution in [2.24, 2.45) is 0 Å². The van der Waals surface area contributed by atoms with Crippen LogP contribution in [0.15, 0.2) is 18.2 Å². The number of nitrogens with one attached hydrogen (secondary N) is 2. The van der Waals surface area contributed by atoms with Gasteiger partial charge in [-0.1, -0.05) is 19.1 Å². The zero-order valence-electron chi connectivity index (χ0n) is 11.9. The number of benzene rings is 1. The van der Waals surface area contributed by atoms with Crippen molar-refractivity contribution in [1.82, 2.24) is 10.6 Å². The quantitative estimate of drug-likeness (QED) is 0.741. The van der Waals surface area contributed by atoms with E-state index in [1.807, 2.05) is 25.1 Å². The highest BCUT2D eigenvalue weighted by Crippen LogP contribution is 2.33. The second-order valence-corrected chi connectivity index (χ2v) is 4.72. The lowest BCUT2D eigenvalue weighted by atomic mass is 10.1. The minimum atomic E-state index is 0.0917. The zero-order chi connectivity index (χ0) is 14.2. The summed E-state index contributed by atoms with van der Waals surface area (Å²) in [6.07, 6.45) is 1.46. The van der Waals surface area contributed by atoms with Gasteiger partial charge in [0.1, 0.15) is 13.2 Å². The van der Waals surface area contributed by atoms with Gasteiger partial charge in [-0.2, -0.15) is 0 Å². The summed E-state index contributed by atoms with van der Waals surface area (Å²) in [5, 5.41) is 6.12. The SMILES string of the molecule is CCCNC(=O)CCNCc1cccc2c1OCCO2. The molecule has 1 amide bonds. The molecule has 1 aromatic carbocycles. The van der Waals surface area contributed by atoms with Crippen molar-refractivity contribution < 1.29 is 14.3 Å². The van der Waals surface area contributed by atoms with Crippen LogP contribution in [0.3, 0.4) is 0 Å². The predicted octanol–water partition coefficient (Wildman–Crippen LogP) is 1.46. The van der Waals surface area contributed by atoms with E-state index in [-0.39, 0.29) is 5.91 Å².